The Morgan fingerprint density at radius 1 is 1.27 bits per heavy atom. The van der Waals surface area contributed by atoms with Crippen LogP contribution in [0.3, 0.4) is 0 Å². The maximum atomic E-state index is 12.8. The van der Waals surface area contributed by atoms with Crippen LogP contribution in [0.2, 0.25) is 0 Å². The van der Waals surface area contributed by atoms with E-state index < -0.39 is 0 Å². The van der Waals surface area contributed by atoms with Gasteiger partial charge in [-0.3, -0.25) is 9.59 Å². The zero-order chi connectivity index (χ0) is 16.5. The third kappa shape index (κ3) is 6.91. The SMILES string of the molecule is COCC(C)NC(=O)C(C)SCC(=O)Nc1ccc(F)cc1. The first-order chi connectivity index (χ1) is 10.4. The molecule has 0 aliphatic carbocycles. The fraction of sp³-hybridized carbons (Fsp3) is 0.467. The Labute approximate surface area is 134 Å². The summed E-state index contributed by atoms with van der Waals surface area (Å²) in [7, 11) is 1.57. The molecule has 0 bridgehead atoms. The summed E-state index contributed by atoms with van der Waals surface area (Å²) in [6.07, 6.45) is 0. The second-order valence-electron chi connectivity index (χ2n) is 4.87. The smallest absolute Gasteiger partial charge is 0.234 e. The number of ether oxygens (including phenoxy) is 1. The highest BCUT2D eigenvalue weighted by atomic mass is 32.2. The van der Waals surface area contributed by atoms with Gasteiger partial charge < -0.3 is 15.4 Å². The predicted molar refractivity (Wildman–Crippen MR) is 86.4 cm³/mol. The first-order valence-electron chi connectivity index (χ1n) is 6.88. The van der Waals surface area contributed by atoms with Crippen LogP contribution < -0.4 is 10.6 Å². The number of thioether (sulfide) groups is 1. The molecular weight excluding hydrogens is 307 g/mol. The van der Waals surface area contributed by atoms with Crippen molar-refractivity contribution >= 4 is 29.3 Å². The highest BCUT2D eigenvalue weighted by Crippen LogP contribution is 2.13. The zero-order valence-corrected chi connectivity index (χ0v) is 13.7. The number of amides is 2. The number of nitrogens with one attached hydrogen (secondary N) is 2. The third-order valence-electron chi connectivity index (χ3n) is 2.77. The Kier molecular flexibility index (Phi) is 7.90. The van der Waals surface area contributed by atoms with Gasteiger partial charge in [-0.05, 0) is 38.1 Å². The monoisotopic (exact) mass is 328 g/mol. The molecule has 1 aromatic carbocycles. The molecule has 0 aliphatic heterocycles. The maximum Gasteiger partial charge on any atom is 0.234 e. The lowest BCUT2D eigenvalue weighted by atomic mass is 10.3. The molecule has 1 aromatic rings. The highest BCUT2D eigenvalue weighted by Gasteiger charge is 2.17. The summed E-state index contributed by atoms with van der Waals surface area (Å²) in [4.78, 5) is 23.6. The van der Waals surface area contributed by atoms with Crippen molar-refractivity contribution in [2.75, 3.05) is 24.8 Å². The Hall–Kier alpha value is -1.60. The van der Waals surface area contributed by atoms with E-state index in [-0.39, 0.29) is 34.7 Å². The summed E-state index contributed by atoms with van der Waals surface area (Å²) < 4.78 is 17.7. The Morgan fingerprint density at radius 2 is 1.91 bits per heavy atom. The van der Waals surface area contributed by atoms with Gasteiger partial charge in [-0.1, -0.05) is 0 Å². The molecule has 0 heterocycles. The Balaban J connectivity index is 2.33. The summed E-state index contributed by atoms with van der Waals surface area (Å²) >= 11 is 1.24. The topological polar surface area (TPSA) is 67.4 Å². The fourth-order valence-corrected chi connectivity index (χ4v) is 2.35. The van der Waals surface area contributed by atoms with Crippen molar-refractivity contribution in [2.45, 2.75) is 25.1 Å². The molecule has 2 unspecified atom stereocenters. The van der Waals surface area contributed by atoms with E-state index in [2.05, 4.69) is 10.6 Å². The molecule has 122 valence electrons. The summed E-state index contributed by atoms with van der Waals surface area (Å²) in [5.74, 6) is -0.585. The van der Waals surface area contributed by atoms with Crippen molar-refractivity contribution in [1.82, 2.24) is 5.32 Å². The average Bonchev–Trinajstić information content (AvgIpc) is 2.47. The van der Waals surface area contributed by atoms with Crippen LogP contribution >= 0.6 is 11.8 Å². The van der Waals surface area contributed by atoms with Gasteiger partial charge in [-0.25, -0.2) is 4.39 Å². The van der Waals surface area contributed by atoms with Crippen LogP contribution in [0, 0.1) is 5.82 Å². The van der Waals surface area contributed by atoms with E-state index >= 15 is 0 Å². The molecule has 0 fully saturated rings. The van der Waals surface area contributed by atoms with Crippen molar-refractivity contribution in [3.8, 4) is 0 Å². The summed E-state index contributed by atoms with van der Waals surface area (Å²) in [5.41, 5.74) is 0.526. The number of anilines is 1. The molecule has 0 radical (unpaired) electrons. The Bertz CT molecular complexity index is 496. The van der Waals surface area contributed by atoms with Crippen molar-refractivity contribution in [2.24, 2.45) is 0 Å². The van der Waals surface area contributed by atoms with Crippen molar-refractivity contribution < 1.29 is 18.7 Å². The van der Waals surface area contributed by atoms with Gasteiger partial charge in [-0.15, -0.1) is 11.8 Å². The third-order valence-corrected chi connectivity index (χ3v) is 3.91. The summed E-state index contributed by atoms with van der Waals surface area (Å²) in [5, 5.41) is 5.10. The standard InChI is InChI=1S/C15H21FN2O3S/c1-10(8-21-3)17-15(20)11(2)22-9-14(19)18-13-6-4-12(16)5-7-13/h4-7,10-11H,8-9H2,1-3H3,(H,17,20)(H,18,19). The number of carbonyl (C=O) groups excluding carboxylic acids is 2. The predicted octanol–water partition coefficient (Wildman–Crippen LogP) is 2.04. The van der Waals surface area contributed by atoms with Crippen LogP contribution in [-0.4, -0.2) is 42.6 Å². The minimum atomic E-state index is -0.358. The summed E-state index contributed by atoms with van der Waals surface area (Å²) in [6.45, 7) is 4.03. The Morgan fingerprint density at radius 3 is 2.50 bits per heavy atom. The van der Waals surface area contributed by atoms with Gasteiger partial charge in [0.25, 0.3) is 0 Å². The van der Waals surface area contributed by atoms with E-state index in [9.17, 15) is 14.0 Å². The van der Waals surface area contributed by atoms with Gasteiger partial charge >= 0.3 is 0 Å². The number of hydrogen-bond acceptors (Lipinski definition) is 4. The molecule has 2 N–H and O–H groups in total. The van der Waals surface area contributed by atoms with Gasteiger partial charge in [0.05, 0.1) is 17.6 Å². The normalized spacial score (nSPS) is 13.3. The van der Waals surface area contributed by atoms with E-state index in [0.29, 0.717) is 12.3 Å². The van der Waals surface area contributed by atoms with Crippen LogP contribution in [0.25, 0.3) is 0 Å². The van der Waals surface area contributed by atoms with Crippen molar-refractivity contribution in [1.29, 1.82) is 0 Å². The molecule has 7 heteroatoms. The number of halogens is 1. The number of rotatable bonds is 8. The quantitative estimate of drug-likeness (QED) is 0.766. The van der Waals surface area contributed by atoms with Crippen LogP contribution in [0.15, 0.2) is 24.3 Å². The lowest BCUT2D eigenvalue weighted by Gasteiger charge is -2.16. The van der Waals surface area contributed by atoms with Crippen molar-refractivity contribution in [3.05, 3.63) is 30.1 Å². The lowest BCUT2D eigenvalue weighted by molar-refractivity contribution is -0.121. The van der Waals surface area contributed by atoms with E-state index in [1.54, 1.807) is 14.0 Å². The van der Waals surface area contributed by atoms with E-state index in [1.807, 2.05) is 6.92 Å². The molecular formula is C15H21FN2O3S. The van der Waals surface area contributed by atoms with Gasteiger partial charge in [0.15, 0.2) is 0 Å². The molecule has 0 aromatic heterocycles. The maximum absolute atomic E-state index is 12.8. The van der Waals surface area contributed by atoms with Gasteiger partial charge in [0, 0.05) is 18.8 Å². The molecule has 0 saturated heterocycles. The van der Waals surface area contributed by atoms with Gasteiger partial charge in [0.1, 0.15) is 5.82 Å². The lowest BCUT2D eigenvalue weighted by Crippen LogP contribution is -2.40. The second-order valence-corrected chi connectivity index (χ2v) is 6.20. The van der Waals surface area contributed by atoms with E-state index in [0.717, 1.165) is 0 Å². The zero-order valence-electron chi connectivity index (χ0n) is 12.9. The van der Waals surface area contributed by atoms with Crippen molar-refractivity contribution in [3.63, 3.8) is 0 Å². The first-order valence-corrected chi connectivity index (χ1v) is 7.93. The molecule has 22 heavy (non-hydrogen) atoms. The molecule has 2 amide bonds. The number of carbonyl (C=O) groups is 2. The fourth-order valence-electron chi connectivity index (χ4n) is 1.66. The largest absolute Gasteiger partial charge is 0.383 e. The minimum absolute atomic E-state index is 0.0754. The molecule has 5 nitrogen and oxygen atoms in total. The number of methoxy groups -OCH3 is 1. The minimum Gasteiger partial charge on any atom is -0.383 e. The van der Waals surface area contributed by atoms with E-state index in [4.69, 9.17) is 4.74 Å². The second kappa shape index (κ2) is 9.42. The molecule has 1 rings (SSSR count). The van der Waals surface area contributed by atoms with Crippen LogP contribution in [0.1, 0.15) is 13.8 Å². The summed E-state index contributed by atoms with van der Waals surface area (Å²) in [6, 6.07) is 5.45. The van der Waals surface area contributed by atoms with Crippen LogP contribution in [0.5, 0.6) is 0 Å². The molecule has 0 saturated carbocycles. The van der Waals surface area contributed by atoms with Crippen LogP contribution in [0.4, 0.5) is 10.1 Å². The average molecular weight is 328 g/mol. The van der Waals surface area contributed by atoms with E-state index in [1.165, 1.54) is 36.0 Å². The van der Waals surface area contributed by atoms with Gasteiger partial charge in [0.2, 0.25) is 11.8 Å². The number of benzene rings is 1. The number of hydrogen-bond donors (Lipinski definition) is 2. The molecule has 2 atom stereocenters. The van der Waals surface area contributed by atoms with Gasteiger partial charge in [-0.2, -0.15) is 0 Å². The molecule has 0 aliphatic rings. The highest BCUT2D eigenvalue weighted by molar-refractivity contribution is 8.01. The molecule has 0 spiro atoms. The first kappa shape index (κ1) is 18.4. The van der Waals surface area contributed by atoms with Crippen LogP contribution in [-0.2, 0) is 14.3 Å².